The molecule has 16 heavy (non-hydrogen) atoms. The van der Waals surface area contributed by atoms with Crippen molar-refractivity contribution in [2.45, 2.75) is 38.3 Å². The van der Waals surface area contributed by atoms with Crippen molar-refractivity contribution in [2.75, 3.05) is 0 Å². The van der Waals surface area contributed by atoms with Crippen LogP contribution in [0.1, 0.15) is 36.9 Å². The zero-order valence-corrected chi connectivity index (χ0v) is 9.44. The van der Waals surface area contributed by atoms with E-state index in [4.69, 9.17) is 5.11 Å². The van der Waals surface area contributed by atoms with Crippen LogP contribution in [0.15, 0.2) is 24.3 Å². The summed E-state index contributed by atoms with van der Waals surface area (Å²) < 4.78 is 0. The second-order valence-corrected chi connectivity index (χ2v) is 4.29. The minimum atomic E-state index is -0.742. The third kappa shape index (κ3) is 2.25. The van der Waals surface area contributed by atoms with Gasteiger partial charge in [-0.3, -0.25) is 10.1 Å². The van der Waals surface area contributed by atoms with E-state index in [1.165, 1.54) is 11.1 Å². The standard InChI is InChI=1S/C13H17NO2/c1-2-9-4-3-5-10(8-9)11-6-7-12(14-11)13(15)16/h3-5,8,11-12,14H,2,6-7H2,1H3,(H,15,16). The van der Waals surface area contributed by atoms with Gasteiger partial charge in [-0.2, -0.15) is 0 Å². The Morgan fingerprint density at radius 1 is 1.50 bits per heavy atom. The van der Waals surface area contributed by atoms with E-state index in [2.05, 4.69) is 30.4 Å². The summed E-state index contributed by atoms with van der Waals surface area (Å²) in [5.41, 5.74) is 2.51. The number of aryl methyl sites for hydroxylation is 1. The second-order valence-electron chi connectivity index (χ2n) is 4.29. The first kappa shape index (κ1) is 11.1. The lowest BCUT2D eigenvalue weighted by atomic mass is 10.0. The minimum Gasteiger partial charge on any atom is -0.480 e. The molecule has 0 aromatic heterocycles. The first-order valence-electron chi connectivity index (χ1n) is 5.78. The van der Waals surface area contributed by atoms with E-state index >= 15 is 0 Å². The Hall–Kier alpha value is -1.35. The summed E-state index contributed by atoms with van der Waals surface area (Å²) in [5.74, 6) is -0.742. The molecule has 1 fully saturated rings. The number of benzene rings is 1. The Bertz CT molecular complexity index is 389. The second kappa shape index (κ2) is 4.66. The van der Waals surface area contributed by atoms with E-state index in [9.17, 15) is 4.79 Å². The van der Waals surface area contributed by atoms with Gasteiger partial charge < -0.3 is 5.11 Å². The summed E-state index contributed by atoms with van der Waals surface area (Å²) in [6, 6.07) is 8.21. The lowest BCUT2D eigenvalue weighted by Gasteiger charge is -2.13. The predicted octanol–water partition coefficient (Wildman–Crippen LogP) is 2.13. The van der Waals surface area contributed by atoms with Crippen molar-refractivity contribution in [1.29, 1.82) is 0 Å². The number of carboxylic acids is 1. The molecule has 1 aromatic carbocycles. The molecule has 1 aliphatic heterocycles. The van der Waals surface area contributed by atoms with Crippen LogP contribution < -0.4 is 5.32 Å². The summed E-state index contributed by atoms with van der Waals surface area (Å²) >= 11 is 0. The number of hydrogen-bond donors (Lipinski definition) is 2. The Morgan fingerprint density at radius 3 is 2.94 bits per heavy atom. The molecule has 0 aliphatic carbocycles. The maximum atomic E-state index is 10.8. The van der Waals surface area contributed by atoms with Crippen LogP contribution in [0.2, 0.25) is 0 Å². The summed E-state index contributed by atoms with van der Waals surface area (Å²) in [7, 11) is 0. The fourth-order valence-electron chi connectivity index (χ4n) is 2.23. The van der Waals surface area contributed by atoms with Gasteiger partial charge in [0.1, 0.15) is 6.04 Å². The van der Waals surface area contributed by atoms with Gasteiger partial charge in [-0.15, -0.1) is 0 Å². The molecular weight excluding hydrogens is 202 g/mol. The van der Waals surface area contributed by atoms with Crippen LogP contribution in [-0.4, -0.2) is 17.1 Å². The Balaban J connectivity index is 2.11. The average Bonchev–Trinajstić information content (AvgIpc) is 2.78. The number of nitrogens with one attached hydrogen (secondary N) is 1. The van der Waals surface area contributed by atoms with Crippen LogP contribution >= 0.6 is 0 Å². The number of carboxylic acid groups (broad SMARTS) is 1. The quantitative estimate of drug-likeness (QED) is 0.818. The number of rotatable bonds is 3. The molecule has 0 amide bonds. The smallest absolute Gasteiger partial charge is 0.320 e. The fraction of sp³-hybridized carbons (Fsp3) is 0.462. The van der Waals surface area contributed by atoms with Crippen LogP contribution in [0.3, 0.4) is 0 Å². The normalized spacial score (nSPS) is 24.6. The van der Waals surface area contributed by atoms with Crippen molar-refractivity contribution in [3.63, 3.8) is 0 Å². The van der Waals surface area contributed by atoms with Crippen LogP contribution in [0.4, 0.5) is 0 Å². The van der Waals surface area contributed by atoms with Crippen molar-refractivity contribution in [3.8, 4) is 0 Å². The average molecular weight is 219 g/mol. The van der Waals surface area contributed by atoms with Gasteiger partial charge in [0.15, 0.2) is 0 Å². The van der Waals surface area contributed by atoms with E-state index in [0.717, 1.165) is 19.3 Å². The molecule has 2 rings (SSSR count). The van der Waals surface area contributed by atoms with Gasteiger partial charge in [0, 0.05) is 6.04 Å². The van der Waals surface area contributed by atoms with Crippen LogP contribution in [0.5, 0.6) is 0 Å². The highest BCUT2D eigenvalue weighted by Gasteiger charge is 2.29. The van der Waals surface area contributed by atoms with Gasteiger partial charge in [-0.25, -0.2) is 0 Å². The highest BCUT2D eigenvalue weighted by molar-refractivity contribution is 5.73. The molecule has 2 atom stereocenters. The van der Waals surface area contributed by atoms with E-state index in [0.29, 0.717) is 0 Å². The van der Waals surface area contributed by atoms with E-state index in [1.54, 1.807) is 0 Å². The summed E-state index contributed by atoms with van der Waals surface area (Å²) in [6.45, 7) is 2.13. The molecule has 0 bridgehead atoms. The maximum Gasteiger partial charge on any atom is 0.320 e. The highest BCUT2D eigenvalue weighted by atomic mass is 16.4. The Kier molecular flexibility index (Phi) is 3.25. The molecule has 1 aliphatic rings. The molecule has 3 heteroatoms. The Labute approximate surface area is 95.5 Å². The Morgan fingerprint density at radius 2 is 2.31 bits per heavy atom. The molecule has 2 N–H and O–H groups in total. The summed E-state index contributed by atoms with van der Waals surface area (Å²) in [6.07, 6.45) is 2.64. The molecule has 1 aromatic rings. The molecule has 0 radical (unpaired) electrons. The third-order valence-electron chi connectivity index (χ3n) is 3.21. The number of carbonyl (C=O) groups is 1. The van der Waals surface area contributed by atoms with Crippen molar-refractivity contribution in [1.82, 2.24) is 5.32 Å². The van der Waals surface area contributed by atoms with Crippen LogP contribution in [0, 0.1) is 0 Å². The van der Waals surface area contributed by atoms with Gasteiger partial charge >= 0.3 is 5.97 Å². The lowest BCUT2D eigenvalue weighted by Crippen LogP contribution is -2.31. The van der Waals surface area contributed by atoms with Crippen molar-refractivity contribution >= 4 is 5.97 Å². The molecule has 2 unspecified atom stereocenters. The zero-order chi connectivity index (χ0) is 11.5. The number of aliphatic carboxylic acids is 1. The van der Waals surface area contributed by atoms with E-state index in [-0.39, 0.29) is 12.1 Å². The first-order chi connectivity index (χ1) is 7.70. The van der Waals surface area contributed by atoms with Crippen molar-refractivity contribution < 1.29 is 9.90 Å². The maximum absolute atomic E-state index is 10.8. The fourth-order valence-corrected chi connectivity index (χ4v) is 2.23. The molecule has 0 saturated carbocycles. The molecule has 1 saturated heterocycles. The largest absolute Gasteiger partial charge is 0.480 e. The predicted molar refractivity (Wildman–Crippen MR) is 62.4 cm³/mol. The van der Waals surface area contributed by atoms with Gasteiger partial charge in [0.25, 0.3) is 0 Å². The topological polar surface area (TPSA) is 49.3 Å². The monoisotopic (exact) mass is 219 g/mol. The summed E-state index contributed by atoms with van der Waals surface area (Å²) in [4.78, 5) is 10.8. The van der Waals surface area contributed by atoms with Gasteiger partial charge in [-0.05, 0) is 30.4 Å². The van der Waals surface area contributed by atoms with Crippen molar-refractivity contribution in [3.05, 3.63) is 35.4 Å². The van der Waals surface area contributed by atoms with E-state index < -0.39 is 5.97 Å². The molecular formula is C13H17NO2. The molecule has 3 nitrogen and oxygen atoms in total. The first-order valence-corrected chi connectivity index (χ1v) is 5.78. The lowest BCUT2D eigenvalue weighted by molar-refractivity contribution is -0.139. The van der Waals surface area contributed by atoms with Gasteiger partial charge in [-0.1, -0.05) is 31.2 Å². The van der Waals surface area contributed by atoms with Crippen LogP contribution in [0.25, 0.3) is 0 Å². The molecule has 1 heterocycles. The van der Waals surface area contributed by atoms with Gasteiger partial charge in [0.05, 0.1) is 0 Å². The van der Waals surface area contributed by atoms with Crippen LogP contribution in [-0.2, 0) is 11.2 Å². The van der Waals surface area contributed by atoms with Gasteiger partial charge in [0.2, 0.25) is 0 Å². The van der Waals surface area contributed by atoms with E-state index in [1.807, 2.05) is 6.07 Å². The highest BCUT2D eigenvalue weighted by Crippen LogP contribution is 2.27. The molecule has 86 valence electrons. The summed E-state index contributed by atoms with van der Waals surface area (Å²) in [5, 5.41) is 12.1. The molecule has 0 spiro atoms. The van der Waals surface area contributed by atoms with Crippen molar-refractivity contribution in [2.24, 2.45) is 0 Å². The minimum absolute atomic E-state index is 0.201. The number of hydrogen-bond acceptors (Lipinski definition) is 2. The third-order valence-corrected chi connectivity index (χ3v) is 3.21. The SMILES string of the molecule is CCc1cccc(C2CCC(C(=O)O)N2)c1. The zero-order valence-electron chi connectivity index (χ0n) is 9.44.